The van der Waals surface area contributed by atoms with Crippen molar-refractivity contribution in [1.82, 2.24) is 0 Å². The summed E-state index contributed by atoms with van der Waals surface area (Å²) >= 11 is 0. The molecule has 0 saturated carbocycles. The third-order valence-corrected chi connectivity index (χ3v) is 20.9. The molecule has 3 aliphatic carbocycles. The Hall–Kier alpha value is -10.6. The molecular formula is C90H82N2O4. The number of anilines is 4. The molecule has 9 aromatic carbocycles. The van der Waals surface area contributed by atoms with E-state index < -0.39 is 16.2 Å². The summed E-state index contributed by atoms with van der Waals surface area (Å²) in [4.78, 5) is 4.75. The molecule has 1 unspecified atom stereocenters. The van der Waals surface area contributed by atoms with E-state index in [1.54, 1.807) is 6.26 Å². The summed E-state index contributed by atoms with van der Waals surface area (Å²) in [6, 6.07) is 65.9. The van der Waals surface area contributed by atoms with Crippen molar-refractivity contribution >= 4 is 56.8 Å². The van der Waals surface area contributed by atoms with Gasteiger partial charge in [-0.05, 0) is 158 Å². The maximum Gasteiger partial charge on any atom is 0.159 e. The van der Waals surface area contributed by atoms with Gasteiger partial charge in [-0.1, -0.05) is 258 Å². The summed E-state index contributed by atoms with van der Waals surface area (Å²) in [5, 5.41) is 14.4. The second-order valence-corrected chi connectivity index (χ2v) is 29.4. The van der Waals surface area contributed by atoms with Crippen LogP contribution in [0.2, 0.25) is 0 Å². The Balaban J connectivity index is 1.12. The van der Waals surface area contributed by atoms with E-state index in [0.29, 0.717) is 11.7 Å². The number of para-hydroxylation sites is 4. The van der Waals surface area contributed by atoms with Gasteiger partial charge in [-0.15, -0.1) is 0 Å². The Bertz CT molecular complexity index is 5060. The van der Waals surface area contributed by atoms with E-state index in [0.717, 1.165) is 146 Å². The lowest BCUT2D eigenvalue weighted by Crippen LogP contribution is -2.34. The van der Waals surface area contributed by atoms with Crippen molar-refractivity contribution in [2.45, 2.75) is 104 Å². The second-order valence-electron chi connectivity index (χ2n) is 29.4. The molecule has 476 valence electrons. The molecule has 1 aromatic heterocycles. The van der Waals surface area contributed by atoms with Crippen LogP contribution in [0.3, 0.4) is 0 Å². The number of hydrogen-bond donors (Lipinski definition) is 1. The van der Waals surface area contributed by atoms with Gasteiger partial charge < -0.3 is 28.8 Å². The molecule has 0 fully saturated rings. The standard InChI is InChI=1S/C90H82N2O4/c1-13-14-29-63-57(2)28-25-26-52-94-82(63)56-91(60-46-42-58(43-47-60)86(3,4)5)78-55-76-69(83-85(78)96-81-41-24-21-37-73(81)89(83,11)12)51-50-68-74(88(9,10)72-36-20-22-39-79(72)93)53-62(54-75(68)90(76)70-34-18-15-30-64(70)65-31-16-19-35-71(65)90)92(61-48-44-59(45-49-61)87(6,7)8)77-38-27-33-67-66-32-17-23-40-80(66)95-84(67)77/h13-42,44-56,58,93H,2,43H2,1,3-12H3/b14-13-,28-25-,52-26-,63-29-,82-56-. The lowest BCUT2D eigenvalue weighted by molar-refractivity contribution is 0.293. The van der Waals surface area contributed by atoms with Crippen molar-refractivity contribution in [3.05, 3.63) is 340 Å². The maximum absolute atomic E-state index is 12.3. The van der Waals surface area contributed by atoms with Crippen LogP contribution in [0.1, 0.15) is 144 Å². The largest absolute Gasteiger partial charge is 0.508 e. The smallest absolute Gasteiger partial charge is 0.159 e. The zero-order valence-corrected chi connectivity index (χ0v) is 56.9. The lowest BCUT2D eigenvalue weighted by Gasteiger charge is -2.43. The number of aromatic hydroxyl groups is 1. The van der Waals surface area contributed by atoms with Crippen molar-refractivity contribution < 1.29 is 19.0 Å². The fourth-order valence-electron chi connectivity index (χ4n) is 15.8. The monoisotopic (exact) mass is 1250 g/mol. The molecule has 0 bridgehead atoms. The van der Waals surface area contributed by atoms with Crippen molar-refractivity contribution in [2.75, 3.05) is 9.80 Å². The first-order chi connectivity index (χ1) is 46.2. The number of rotatable bonds is 9. The number of allylic oxidation sites excluding steroid dienone is 10. The number of hydrogen-bond acceptors (Lipinski definition) is 6. The number of phenols is 1. The van der Waals surface area contributed by atoms with Gasteiger partial charge in [0.05, 0.1) is 29.3 Å². The fourth-order valence-corrected chi connectivity index (χ4v) is 15.8. The van der Waals surface area contributed by atoms with Gasteiger partial charge in [-0.3, -0.25) is 0 Å². The predicted octanol–water partition coefficient (Wildman–Crippen LogP) is 24.0. The highest BCUT2D eigenvalue weighted by atomic mass is 16.5. The van der Waals surface area contributed by atoms with Crippen LogP contribution in [0.15, 0.2) is 283 Å². The third-order valence-electron chi connectivity index (χ3n) is 20.9. The first-order valence-electron chi connectivity index (χ1n) is 33.8. The topological polar surface area (TPSA) is 58.3 Å². The van der Waals surface area contributed by atoms with Gasteiger partial charge >= 0.3 is 0 Å². The average molecular weight is 1260 g/mol. The van der Waals surface area contributed by atoms with Gasteiger partial charge in [0, 0.05) is 60.9 Å². The highest BCUT2D eigenvalue weighted by Gasteiger charge is 2.53. The van der Waals surface area contributed by atoms with Gasteiger partial charge in [0.25, 0.3) is 0 Å². The normalized spacial score (nSPS) is 18.1. The molecule has 15 rings (SSSR count). The molecule has 1 spiro atoms. The Morgan fingerprint density at radius 3 is 1.99 bits per heavy atom. The predicted molar refractivity (Wildman–Crippen MR) is 399 cm³/mol. The molecule has 96 heavy (non-hydrogen) atoms. The first kappa shape index (κ1) is 61.6. The van der Waals surface area contributed by atoms with E-state index in [-0.39, 0.29) is 16.6 Å². The van der Waals surface area contributed by atoms with Crippen LogP contribution in [0.4, 0.5) is 22.7 Å². The van der Waals surface area contributed by atoms with E-state index in [1.807, 2.05) is 61.6 Å². The average Bonchev–Trinajstić information content (AvgIpc) is 1.48. The summed E-state index contributed by atoms with van der Waals surface area (Å²) in [7, 11) is 0. The van der Waals surface area contributed by atoms with E-state index in [1.165, 1.54) is 5.56 Å². The molecule has 1 atom stereocenters. The zero-order valence-electron chi connectivity index (χ0n) is 56.9. The summed E-state index contributed by atoms with van der Waals surface area (Å²) < 4.78 is 21.6. The van der Waals surface area contributed by atoms with Crippen LogP contribution in [-0.2, 0) is 26.4 Å². The maximum atomic E-state index is 12.3. The van der Waals surface area contributed by atoms with Crippen molar-refractivity contribution in [3.63, 3.8) is 0 Å². The number of ether oxygens (including phenoxy) is 2. The number of phenolic OH excluding ortho intramolecular Hbond substituents is 1. The molecular weight excluding hydrogens is 1170 g/mol. The van der Waals surface area contributed by atoms with E-state index >= 15 is 0 Å². The number of benzene rings is 9. The molecule has 6 nitrogen and oxygen atoms in total. The minimum absolute atomic E-state index is 0.0206. The van der Waals surface area contributed by atoms with Crippen LogP contribution in [-0.4, -0.2) is 5.11 Å². The summed E-state index contributed by atoms with van der Waals surface area (Å²) in [6.07, 6.45) is 28.7. The second kappa shape index (κ2) is 23.1. The minimum Gasteiger partial charge on any atom is -0.508 e. The molecule has 5 aliphatic rings. The zero-order chi connectivity index (χ0) is 66.6. The summed E-state index contributed by atoms with van der Waals surface area (Å²) in [5.74, 6) is 2.71. The molecule has 2 aliphatic heterocycles. The number of furan rings is 1. The molecule has 6 heteroatoms. The van der Waals surface area contributed by atoms with Crippen LogP contribution in [0, 0.1) is 11.3 Å². The van der Waals surface area contributed by atoms with E-state index in [4.69, 9.17) is 13.9 Å². The van der Waals surface area contributed by atoms with Crippen LogP contribution < -0.4 is 14.5 Å². The van der Waals surface area contributed by atoms with Crippen molar-refractivity contribution in [3.8, 4) is 28.4 Å². The summed E-state index contributed by atoms with van der Waals surface area (Å²) in [6.45, 7) is 29.7. The van der Waals surface area contributed by atoms with Crippen LogP contribution in [0.25, 0.3) is 45.2 Å². The van der Waals surface area contributed by atoms with Crippen LogP contribution >= 0.6 is 0 Å². The molecule has 1 N–H and O–H groups in total. The molecule has 0 radical (unpaired) electrons. The summed E-state index contributed by atoms with van der Waals surface area (Å²) in [5.41, 5.74) is 19.5. The molecule has 3 heterocycles. The van der Waals surface area contributed by atoms with E-state index in [9.17, 15) is 5.11 Å². The van der Waals surface area contributed by atoms with Crippen molar-refractivity contribution in [2.24, 2.45) is 11.3 Å². The quantitative estimate of drug-likeness (QED) is 0.155. The van der Waals surface area contributed by atoms with Gasteiger partial charge in [-0.2, -0.15) is 0 Å². The third kappa shape index (κ3) is 9.89. The Labute approximate surface area is 565 Å². The highest BCUT2D eigenvalue weighted by molar-refractivity contribution is 6.10. The van der Waals surface area contributed by atoms with E-state index in [2.05, 4.69) is 286 Å². The Morgan fingerprint density at radius 2 is 1.28 bits per heavy atom. The minimum atomic E-state index is -1.05. The van der Waals surface area contributed by atoms with Crippen LogP contribution in [0.5, 0.6) is 17.2 Å². The SMILES string of the molecule is C=C1/C=C\C=C/OC(=C\N(C2=CCC(C(C)(C)C)C=C2)c2cc3c(c4c2Oc2ccccc2C4(C)C)C=Cc2c(C(C)(C)c4ccccc4O)cc(N(c4ccc(C(C)(C)C)cc4)c4cccc5c4oc4ccccc45)cc2C32c3ccccc3-c3ccccc32)/C1=C\C=C/C. The Morgan fingerprint density at radius 1 is 0.615 bits per heavy atom. The highest BCUT2D eigenvalue weighted by Crippen LogP contribution is 2.65. The first-order valence-corrected chi connectivity index (χ1v) is 33.8. The molecule has 0 saturated heterocycles. The molecule has 0 amide bonds. The fraction of sp³-hybridized carbons (Fsp3) is 0.200. The molecule has 10 aromatic rings. The number of nitrogens with zero attached hydrogens (tertiary/aromatic N) is 2. The van der Waals surface area contributed by atoms with Gasteiger partial charge in [0.15, 0.2) is 17.1 Å². The lowest BCUT2D eigenvalue weighted by atomic mass is 9.62. The Kier molecular flexibility index (Phi) is 14.8. The van der Waals surface area contributed by atoms with Gasteiger partial charge in [0.2, 0.25) is 0 Å². The van der Waals surface area contributed by atoms with Gasteiger partial charge in [-0.25, -0.2) is 0 Å². The van der Waals surface area contributed by atoms with Gasteiger partial charge in [0.1, 0.15) is 17.1 Å². The number of fused-ring (bicyclic) bond motifs is 15. The van der Waals surface area contributed by atoms with Crippen molar-refractivity contribution in [1.29, 1.82) is 0 Å².